The van der Waals surface area contributed by atoms with E-state index >= 15 is 0 Å². The fourth-order valence-corrected chi connectivity index (χ4v) is 3.93. The number of nitrogens with one attached hydrogen (secondary N) is 2. The lowest BCUT2D eigenvalue weighted by atomic mass is 10.2. The molecule has 0 saturated heterocycles. The lowest BCUT2D eigenvalue weighted by Crippen LogP contribution is -2.32. The molecule has 2 aromatic heterocycles. The average Bonchev–Trinajstić information content (AvgIpc) is 2.92. The van der Waals surface area contributed by atoms with Gasteiger partial charge in [0.25, 0.3) is 5.89 Å². The molecule has 0 unspecified atom stereocenters. The summed E-state index contributed by atoms with van der Waals surface area (Å²) >= 11 is 0. The van der Waals surface area contributed by atoms with Gasteiger partial charge in [0, 0.05) is 24.4 Å². The van der Waals surface area contributed by atoms with Crippen molar-refractivity contribution >= 4 is 10.0 Å². The van der Waals surface area contributed by atoms with Crippen LogP contribution in [0, 0.1) is 20.8 Å². The molecule has 0 radical (unpaired) electrons. The van der Waals surface area contributed by atoms with Gasteiger partial charge in [-0.1, -0.05) is 6.92 Å². The van der Waals surface area contributed by atoms with Crippen LogP contribution in [0.15, 0.2) is 9.31 Å². The van der Waals surface area contributed by atoms with E-state index in [0.717, 1.165) is 0 Å². The molecule has 0 amide bonds. The van der Waals surface area contributed by atoms with Crippen LogP contribution in [0.2, 0.25) is 0 Å². The maximum Gasteiger partial charge on any atom is 0.250 e. The Kier molecular flexibility index (Phi) is 4.20. The fraction of sp³-hybridized carbons (Fsp3) is 0.538. The lowest BCUT2D eigenvalue weighted by molar-refractivity contribution is 0.529. The van der Waals surface area contributed by atoms with E-state index in [0.29, 0.717) is 29.3 Å². The Bertz CT molecular complexity index is 746. The summed E-state index contributed by atoms with van der Waals surface area (Å²) in [6.07, 6.45) is 0.705. The minimum absolute atomic E-state index is 0.151. The zero-order valence-corrected chi connectivity index (χ0v) is 13.6. The molecular formula is C13H20N4O3S. The normalized spacial score (nSPS) is 13.6. The Balaban J connectivity index is 2.59. The van der Waals surface area contributed by atoms with Gasteiger partial charge in [-0.05, 0) is 27.2 Å². The van der Waals surface area contributed by atoms with Gasteiger partial charge in [-0.25, -0.2) is 13.1 Å². The summed E-state index contributed by atoms with van der Waals surface area (Å²) in [5, 5.41) is 7.70. The molecule has 0 saturated carbocycles. The van der Waals surface area contributed by atoms with Gasteiger partial charge in [-0.15, -0.1) is 10.2 Å². The number of sulfonamides is 1. The van der Waals surface area contributed by atoms with Crippen molar-refractivity contribution in [2.75, 3.05) is 0 Å². The van der Waals surface area contributed by atoms with Crippen LogP contribution in [0.4, 0.5) is 0 Å². The van der Waals surface area contributed by atoms with Crippen LogP contribution >= 0.6 is 0 Å². The van der Waals surface area contributed by atoms with Crippen LogP contribution in [0.3, 0.4) is 0 Å². The van der Waals surface area contributed by atoms with Crippen molar-refractivity contribution in [1.82, 2.24) is 19.9 Å². The standard InChI is InChI=1S/C13H20N4O3S/c1-6-7(2)17-21(18,19)12-9(4)14-8(3)11(12)13-16-15-10(5)20-13/h7,14,17H,6H2,1-5H3/t7-/m1/s1. The van der Waals surface area contributed by atoms with Crippen LogP contribution in [0.5, 0.6) is 0 Å². The number of hydrogen-bond donors (Lipinski definition) is 2. The topological polar surface area (TPSA) is 101 Å². The van der Waals surface area contributed by atoms with E-state index in [4.69, 9.17) is 4.42 Å². The van der Waals surface area contributed by atoms with Gasteiger partial charge in [-0.3, -0.25) is 0 Å². The summed E-state index contributed by atoms with van der Waals surface area (Å²) in [7, 11) is -3.66. The highest BCUT2D eigenvalue weighted by Gasteiger charge is 2.29. The molecule has 0 aromatic carbocycles. The van der Waals surface area contributed by atoms with E-state index in [-0.39, 0.29) is 16.8 Å². The first kappa shape index (κ1) is 15.7. The van der Waals surface area contributed by atoms with Crippen LogP contribution in [-0.2, 0) is 10.0 Å². The highest BCUT2D eigenvalue weighted by molar-refractivity contribution is 7.89. The van der Waals surface area contributed by atoms with Crippen LogP contribution < -0.4 is 4.72 Å². The first-order valence-electron chi connectivity index (χ1n) is 6.78. The van der Waals surface area contributed by atoms with Crippen molar-refractivity contribution in [1.29, 1.82) is 0 Å². The fourth-order valence-electron chi connectivity index (χ4n) is 2.16. The molecule has 0 aliphatic carbocycles. The smallest absolute Gasteiger partial charge is 0.250 e. The highest BCUT2D eigenvalue weighted by atomic mass is 32.2. The average molecular weight is 312 g/mol. The maximum atomic E-state index is 12.6. The molecule has 0 aliphatic heterocycles. The molecule has 8 heteroatoms. The number of hydrogen-bond acceptors (Lipinski definition) is 5. The number of aromatic nitrogens is 3. The van der Waals surface area contributed by atoms with Gasteiger partial charge in [-0.2, -0.15) is 0 Å². The van der Waals surface area contributed by atoms with Crippen LogP contribution in [-0.4, -0.2) is 29.6 Å². The van der Waals surface area contributed by atoms with E-state index < -0.39 is 10.0 Å². The summed E-state index contributed by atoms with van der Waals surface area (Å²) in [6.45, 7) is 8.90. The van der Waals surface area contributed by atoms with Crippen molar-refractivity contribution in [3.63, 3.8) is 0 Å². The van der Waals surface area contributed by atoms with Crippen molar-refractivity contribution in [3.8, 4) is 11.5 Å². The second kappa shape index (κ2) is 5.61. The minimum atomic E-state index is -3.66. The van der Waals surface area contributed by atoms with E-state index in [1.807, 2.05) is 13.8 Å². The van der Waals surface area contributed by atoms with E-state index in [1.165, 1.54) is 0 Å². The zero-order valence-electron chi connectivity index (χ0n) is 12.8. The van der Waals surface area contributed by atoms with Gasteiger partial charge in [0.2, 0.25) is 15.9 Å². The summed E-state index contributed by atoms with van der Waals surface area (Å²) in [5.41, 5.74) is 1.67. The Morgan fingerprint density at radius 1 is 1.24 bits per heavy atom. The molecule has 21 heavy (non-hydrogen) atoms. The van der Waals surface area contributed by atoms with Gasteiger partial charge < -0.3 is 9.40 Å². The quantitative estimate of drug-likeness (QED) is 0.880. The highest BCUT2D eigenvalue weighted by Crippen LogP contribution is 2.32. The number of rotatable bonds is 5. The van der Waals surface area contributed by atoms with E-state index in [9.17, 15) is 8.42 Å². The Hall–Kier alpha value is -1.67. The molecule has 0 fully saturated rings. The van der Waals surface area contributed by atoms with Gasteiger partial charge in [0.1, 0.15) is 4.90 Å². The Morgan fingerprint density at radius 2 is 1.90 bits per heavy atom. The van der Waals surface area contributed by atoms with Crippen LogP contribution in [0.25, 0.3) is 11.5 Å². The summed E-state index contributed by atoms with van der Waals surface area (Å²) in [4.78, 5) is 3.20. The minimum Gasteiger partial charge on any atom is -0.421 e. The van der Waals surface area contributed by atoms with Crippen molar-refractivity contribution in [2.24, 2.45) is 0 Å². The molecule has 0 aliphatic rings. The molecule has 2 N–H and O–H groups in total. The number of aryl methyl sites for hydroxylation is 3. The molecule has 0 bridgehead atoms. The number of nitrogens with zero attached hydrogens (tertiary/aromatic N) is 2. The third kappa shape index (κ3) is 3.01. The zero-order chi connectivity index (χ0) is 15.8. The lowest BCUT2D eigenvalue weighted by Gasteiger charge is -2.12. The predicted molar refractivity (Wildman–Crippen MR) is 78.4 cm³/mol. The third-order valence-corrected chi connectivity index (χ3v) is 5.06. The van der Waals surface area contributed by atoms with Gasteiger partial charge in [0.05, 0.1) is 5.56 Å². The molecule has 2 heterocycles. The maximum absolute atomic E-state index is 12.6. The molecular weight excluding hydrogens is 292 g/mol. The monoisotopic (exact) mass is 312 g/mol. The molecule has 116 valence electrons. The first-order valence-corrected chi connectivity index (χ1v) is 8.26. The molecule has 2 rings (SSSR count). The Labute approximate surface area is 124 Å². The Morgan fingerprint density at radius 3 is 2.43 bits per heavy atom. The van der Waals surface area contributed by atoms with Crippen molar-refractivity contribution < 1.29 is 12.8 Å². The van der Waals surface area contributed by atoms with E-state index in [2.05, 4.69) is 19.9 Å². The van der Waals surface area contributed by atoms with Gasteiger partial charge in [0.15, 0.2) is 0 Å². The van der Waals surface area contributed by atoms with Gasteiger partial charge >= 0.3 is 0 Å². The SMILES string of the molecule is CC[C@@H](C)NS(=O)(=O)c1c(C)[nH]c(C)c1-c1nnc(C)o1. The number of H-pyrrole nitrogens is 1. The summed E-state index contributed by atoms with van der Waals surface area (Å²) < 4.78 is 33.3. The summed E-state index contributed by atoms with van der Waals surface area (Å²) in [5.74, 6) is 0.598. The van der Waals surface area contributed by atoms with Crippen LogP contribution in [0.1, 0.15) is 37.5 Å². The largest absolute Gasteiger partial charge is 0.421 e. The molecule has 1 atom stereocenters. The van der Waals surface area contributed by atoms with Crippen molar-refractivity contribution in [2.45, 2.75) is 52.0 Å². The predicted octanol–water partition coefficient (Wildman–Crippen LogP) is 2.07. The van der Waals surface area contributed by atoms with E-state index in [1.54, 1.807) is 20.8 Å². The van der Waals surface area contributed by atoms with Crippen molar-refractivity contribution in [3.05, 3.63) is 17.3 Å². The molecule has 7 nitrogen and oxygen atoms in total. The molecule has 0 spiro atoms. The molecule has 2 aromatic rings. The number of aromatic amines is 1. The third-order valence-electron chi connectivity index (χ3n) is 3.29. The summed E-state index contributed by atoms with van der Waals surface area (Å²) in [6, 6.07) is -0.151. The second-order valence-electron chi connectivity index (χ2n) is 5.14. The first-order chi connectivity index (χ1) is 9.76. The second-order valence-corrected chi connectivity index (χ2v) is 6.79.